The molecule has 4 heteroatoms. The number of nitrogens with one attached hydrogen (secondary N) is 1. The Bertz CT molecular complexity index is 481. The highest BCUT2D eigenvalue weighted by atomic mass is 19.1. The highest BCUT2D eigenvalue weighted by Crippen LogP contribution is 2.39. The summed E-state index contributed by atoms with van der Waals surface area (Å²) in [5.41, 5.74) is 5.95. The Hall–Kier alpha value is -1.42. The van der Waals surface area contributed by atoms with Crippen LogP contribution in [0.1, 0.15) is 51.0 Å². The average Bonchev–Trinajstić information content (AvgIpc) is 2.47. The van der Waals surface area contributed by atoms with Gasteiger partial charge in [0, 0.05) is 12.6 Å². The molecule has 1 fully saturated rings. The first-order valence-electron chi connectivity index (χ1n) is 7.84. The molecule has 116 valence electrons. The van der Waals surface area contributed by atoms with Gasteiger partial charge in [-0.2, -0.15) is 0 Å². The standard InChI is InChI=1S/C17H25FN2O/c1-13(19)8-11-20-16(21)17(9-3-2-4-10-17)14-6-5-7-15(18)12-14/h5-7,12-13H,2-4,8-11,19H2,1H3,(H,20,21). The Kier molecular flexibility index (Phi) is 5.34. The molecule has 1 unspecified atom stereocenters. The molecule has 3 N–H and O–H groups in total. The van der Waals surface area contributed by atoms with Crippen LogP contribution in [-0.4, -0.2) is 18.5 Å². The Labute approximate surface area is 126 Å². The van der Waals surface area contributed by atoms with E-state index in [0.717, 1.165) is 44.1 Å². The highest BCUT2D eigenvalue weighted by molar-refractivity contribution is 5.88. The van der Waals surface area contributed by atoms with Gasteiger partial charge < -0.3 is 11.1 Å². The third kappa shape index (κ3) is 3.82. The van der Waals surface area contributed by atoms with Crippen LogP contribution in [0.2, 0.25) is 0 Å². The zero-order valence-electron chi connectivity index (χ0n) is 12.7. The molecule has 0 aliphatic heterocycles. The van der Waals surface area contributed by atoms with E-state index < -0.39 is 5.41 Å². The van der Waals surface area contributed by atoms with Crippen molar-refractivity contribution in [1.82, 2.24) is 5.32 Å². The summed E-state index contributed by atoms with van der Waals surface area (Å²) >= 11 is 0. The maximum atomic E-state index is 13.6. The van der Waals surface area contributed by atoms with Gasteiger partial charge in [0.15, 0.2) is 0 Å². The van der Waals surface area contributed by atoms with Crippen molar-refractivity contribution in [3.8, 4) is 0 Å². The molecule has 2 rings (SSSR count). The van der Waals surface area contributed by atoms with Crippen molar-refractivity contribution in [1.29, 1.82) is 0 Å². The van der Waals surface area contributed by atoms with E-state index in [2.05, 4.69) is 5.32 Å². The van der Waals surface area contributed by atoms with Crippen LogP contribution in [0.4, 0.5) is 4.39 Å². The summed E-state index contributed by atoms with van der Waals surface area (Å²) in [6.45, 7) is 2.50. The summed E-state index contributed by atoms with van der Waals surface area (Å²) in [5.74, 6) is -0.255. The number of rotatable bonds is 5. The number of benzene rings is 1. The van der Waals surface area contributed by atoms with Crippen molar-refractivity contribution >= 4 is 5.91 Å². The smallest absolute Gasteiger partial charge is 0.230 e. The summed E-state index contributed by atoms with van der Waals surface area (Å²) in [6, 6.07) is 6.57. The number of carbonyl (C=O) groups is 1. The van der Waals surface area contributed by atoms with Gasteiger partial charge in [0.2, 0.25) is 5.91 Å². The molecule has 1 aliphatic carbocycles. The first kappa shape index (κ1) is 16.0. The molecule has 0 spiro atoms. The number of hydrogen-bond donors (Lipinski definition) is 2. The van der Waals surface area contributed by atoms with Gasteiger partial charge in [0.05, 0.1) is 5.41 Å². The molecule has 1 atom stereocenters. The fraction of sp³-hybridized carbons (Fsp3) is 0.588. The second kappa shape index (κ2) is 7.03. The molecule has 0 bridgehead atoms. The topological polar surface area (TPSA) is 55.1 Å². The third-order valence-corrected chi connectivity index (χ3v) is 4.40. The van der Waals surface area contributed by atoms with E-state index >= 15 is 0 Å². The summed E-state index contributed by atoms with van der Waals surface area (Å²) < 4.78 is 13.6. The monoisotopic (exact) mass is 292 g/mol. The van der Waals surface area contributed by atoms with Crippen LogP contribution in [0.5, 0.6) is 0 Å². The van der Waals surface area contributed by atoms with Crippen LogP contribution in [0.15, 0.2) is 24.3 Å². The van der Waals surface area contributed by atoms with Crippen LogP contribution in [0, 0.1) is 5.82 Å². The van der Waals surface area contributed by atoms with E-state index in [1.807, 2.05) is 13.0 Å². The lowest BCUT2D eigenvalue weighted by Crippen LogP contribution is -2.46. The van der Waals surface area contributed by atoms with Gasteiger partial charge in [0.1, 0.15) is 5.82 Å². The fourth-order valence-electron chi connectivity index (χ4n) is 3.17. The maximum absolute atomic E-state index is 13.6. The van der Waals surface area contributed by atoms with Crippen molar-refractivity contribution in [2.45, 2.75) is 56.9 Å². The minimum Gasteiger partial charge on any atom is -0.355 e. The number of hydrogen-bond acceptors (Lipinski definition) is 2. The Morgan fingerprint density at radius 3 is 2.71 bits per heavy atom. The Morgan fingerprint density at radius 2 is 2.10 bits per heavy atom. The molecule has 0 saturated heterocycles. The minimum atomic E-state index is -0.571. The summed E-state index contributed by atoms with van der Waals surface area (Å²) in [6.07, 6.45) is 5.50. The molecule has 3 nitrogen and oxygen atoms in total. The lowest BCUT2D eigenvalue weighted by Gasteiger charge is -2.36. The molecule has 0 aromatic heterocycles. The molecule has 0 heterocycles. The Balaban J connectivity index is 2.18. The number of amides is 1. The van der Waals surface area contributed by atoms with E-state index in [1.54, 1.807) is 6.07 Å². The van der Waals surface area contributed by atoms with Gasteiger partial charge in [-0.1, -0.05) is 31.4 Å². The van der Waals surface area contributed by atoms with Gasteiger partial charge in [-0.15, -0.1) is 0 Å². The van der Waals surface area contributed by atoms with Crippen LogP contribution in [0.3, 0.4) is 0 Å². The van der Waals surface area contributed by atoms with Gasteiger partial charge >= 0.3 is 0 Å². The van der Waals surface area contributed by atoms with Crippen molar-refractivity contribution in [3.63, 3.8) is 0 Å². The SMILES string of the molecule is CC(N)CCNC(=O)C1(c2cccc(F)c2)CCCCC1. The summed E-state index contributed by atoms with van der Waals surface area (Å²) in [7, 11) is 0. The molecule has 1 aromatic carbocycles. The van der Waals surface area contributed by atoms with Gasteiger partial charge in [-0.3, -0.25) is 4.79 Å². The largest absolute Gasteiger partial charge is 0.355 e. The second-order valence-electron chi connectivity index (χ2n) is 6.17. The van der Waals surface area contributed by atoms with Gasteiger partial charge in [0.25, 0.3) is 0 Å². The van der Waals surface area contributed by atoms with E-state index in [-0.39, 0.29) is 17.8 Å². The molecule has 0 radical (unpaired) electrons. The molecule has 1 aliphatic rings. The molecular formula is C17H25FN2O. The molecule has 21 heavy (non-hydrogen) atoms. The van der Waals surface area contributed by atoms with E-state index in [4.69, 9.17) is 5.73 Å². The highest BCUT2D eigenvalue weighted by Gasteiger charge is 2.41. The lowest BCUT2D eigenvalue weighted by molar-refractivity contribution is -0.128. The predicted molar refractivity (Wildman–Crippen MR) is 82.4 cm³/mol. The van der Waals surface area contributed by atoms with Crippen LogP contribution in [-0.2, 0) is 10.2 Å². The van der Waals surface area contributed by atoms with E-state index in [1.165, 1.54) is 12.1 Å². The van der Waals surface area contributed by atoms with Crippen LogP contribution < -0.4 is 11.1 Å². The zero-order chi connectivity index (χ0) is 15.3. The van der Waals surface area contributed by atoms with Crippen molar-refractivity contribution in [3.05, 3.63) is 35.6 Å². The number of halogens is 1. The summed E-state index contributed by atoms with van der Waals surface area (Å²) in [5, 5.41) is 3.00. The molecule has 1 aromatic rings. The minimum absolute atomic E-state index is 0.0217. The average molecular weight is 292 g/mol. The lowest BCUT2D eigenvalue weighted by atomic mass is 9.68. The molecule has 1 saturated carbocycles. The Morgan fingerprint density at radius 1 is 1.38 bits per heavy atom. The second-order valence-corrected chi connectivity index (χ2v) is 6.17. The van der Waals surface area contributed by atoms with Crippen molar-refractivity contribution < 1.29 is 9.18 Å². The summed E-state index contributed by atoms with van der Waals surface area (Å²) in [4.78, 5) is 12.7. The van der Waals surface area contributed by atoms with Crippen LogP contribution in [0.25, 0.3) is 0 Å². The first-order chi connectivity index (χ1) is 10.0. The van der Waals surface area contributed by atoms with E-state index in [9.17, 15) is 9.18 Å². The predicted octanol–water partition coefficient (Wildman–Crippen LogP) is 2.88. The number of carbonyl (C=O) groups excluding carboxylic acids is 1. The number of nitrogens with two attached hydrogens (primary N) is 1. The quantitative estimate of drug-likeness (QED) is 0.876. The van der Waals surface area contributed by atoms with Crippen molar-refractivity contribution in [2.24, 2.45) is 5.73 Å². The maximum Gasteiger partial charge on any atom is 0.230 e. The van der Waals surface area contributed by atoms with Crippen LogP contribution >= 0.6 is 0 Å². The normalized spacial score (nSPS) is 19.0. The zero-order valence-corrected chi connectivity index (χ0v) is 12.7. The van der Waals surface area contributed by atoms with Gasteiger partial charge in [-0.25, -0.2) is 4.39 Å². The van der Waals surface area contributed by atoms with E-state index in [0.29, 0.717) is 6.54 Å². The third-order valence-electron chi connectivity index (χ3n) is 4.40. The fourth-order valence-corrected chi connectivity index (χ4v) is 3.17. The van der Waals surface area contributed by atoms with Gasteiger partial charge in [-0.05, 0) is 43.9 Å². The molecular weight excluding hydrogens is 267 g/mol. The van der Waals surface area contributed by atoms with Crippen molar-refractivity contribution in [2.75, 3.05) is 6.54 Å². The molecule has 1 amide bonds. The first-order valence-corrected chi connectivity index (χ1v) is 7.84.